The van der Waals surface area contributed by atoms with Crippen molar-refractivity contribution in [1.29, 1.82) is 15.8 Å². The Balaban J connectivity index is 0.000000147. The van der Waals surface area contributed by atoms with Crippen molar-refractivity contribution in [3.8, 4) is 51.6 Å². The standard InChI is InChI=1S/C27H22N2O2S.C25H18N2O2S.C20H11BrN2.C7H11BrO2.Li.H2O/c1-2-31-26(30)27(12-5-13-27)32-20-10-8-19-16-29-17-25(24(19)14-20)23-11-9-18(15-28)21-6-3-4-7-22(21)23;26-13-16-7-9-21(20-5-2-1-4-19(16)20)23-15-27-14-17-6-8-18(12-22(17)23)30-25(24(28)29)10-3-11-25;21-15-7-5-14-11-23-12-20(19(14)9-15)18-8-6-13(10-22)16-3-1-2-4-17(16)18;1-2-10-6(9)7(8)4-3-5-7;;/h3-4,6-11,14,16-17H,2,5,12-13H2,1H3;1-2,4-9,12,14-15H,3,10-11H2,(H,28,29);1-9,11-12H;2-5H2,1H3;;1H2/q;;;;+1;/p-1. The molecule has 3 aliphatic carbocycles. The van der Waals surface area contributed by atoms with Crippen LogP contribution >= 0.6 is 55.4 Å². The number of nitriles is 3. The summed E-state index contributed by atoms with van der Waals surface area (Å²) in [5.74, 6) is -0.933. The van der Waals surface area contributed by atoms with Gasteiger partial charge in [0.05, 0.1) is 48.1 Å². The number of hydrogen-bond acceptors (Lipinski definition) is 14. The molecule has 3 saturated carbocycles. The normalized spacial score (nSPS) is 14.2. The Morgan fingerprint density at radius 2 is 0.804 bits per heavy atom. The number of aliphatic carboxylic acids is 1. The number of carbonyl (C=O) groups is 3. The maximum absolute atomic E-state index is 12.6. The molecule has 97 heavy (non-hydrogen) atoms. The van der Waals surface area contributed by atoms with Gasteiger partial charge in [-0.1, -0.05) is 141 Å². The molecule has 0 amide bonds. The molecule has 15 rings (SSSR count). The van der Waals surface area contributed by atoms with Crippen molar-refractivity contribution in [2.24, 2.45) is 0 Å². The average molecular weight is 1440 g/mol. The smallest absolute Gasteiger partial charge is 0.870 e. The van der Waals surface area contributed by atoms with E-state index < -0.39 is 15.5 Å². The fourth-order valence-electron chi connectivity index (χ4n) is 12.5. The number of pyridine rings is 3. The van der Waals surface area contributed by atoms with Gasteiger partial charge in [-0.25, -0.2) is 0 Å². The molecular formula is C79H63Br2LiN6O7S2. The number of alkyl halides is 1. The number of nitrogens with zero attached hydrogens (tertiary/aromatic N) is 6. The Bertz CT molecular complexity index is 5140. The molecule has 0 aliphatic heterocycles. The van der Waals surface area contributed by atoms with E-state index in [9.17, 15) is 35.3 Å². The van der Waals surface area contributed by atoms with Gasteiger partial charge >= 0.3 is 36.8 Å². The summed E-state index contributed by atoms with van der Waals surface area (Å²) in [6.07, 6.45) is 19.3. The number of carboxylic acids is 1. The second kappa shape index (κ2) is 31.1. The second-order valence-electron chi connectivity index (χ2n) is 23.6. The van der Waals surface area contributed by atoms with Crippen LogP contribution in [-0.2, 0) is 23.9 Å². The minimum absolute atomic E-state index is 0. The van der Waals surface area contributed by atoms with Gasteiger partial charge < -0.3 is 20.1 Å². The number of carboxylic acid groups (broad SMARTS) is 1. The molecule has 0 bridgehead atoms. The SMILES string of the molecule is CCOC(=O)C1(Br)CCC1.CCOC(=O)C1(Sc2ccc3cncc(-c4ccc(C#N)c5ccccc45)c3c2)CCC1.N#Cc1ccc(-c2cncc3ccc(Br)cc23)c2ccccc12.N#Cc1ccc(-c2cncc3ccc(SC4(C(=O)O)CCC4)cc23)c2ccccc12.[Li+].[OH-]. The summed E-state index contributed by atoms with van der Waals surface area (Å²) < 4.78 is 9.78. The third-order valence-corrected chi connectivity index (χ3v) is 22.5. The summed E-state index contributed by atoms with van der Waals surface area (Å²) in [5, 5.41) is 50.4. The average Bonchev–Trinajstić information content (AvgIpc) is 0.773. The van der Waals surface area contributed by atoms with Gasteiger partial charge in [-0.15, -0.1) is 23.5 Å². The number of rotatable bonds is 12. The molecule has 3 aliphatic rings. The van der Waals surface area contributed by atoms with Crippen LogP contribution in [0.4, 0.5) is 0 Å². The largest absolute Gasteiger partial charge is 1.00 e. The first-order chi connectivity index (χ1) is 46.2. The summed E-state index contributed by atoms with van der Waals surface area (Å²) in [6.45, 7) is 4.56. The maximum atomic E-state index is 12.6. The van der Waals surface area contributed by atoms with E-state index in [0.717, 1.165) is 157 Å². The molecule has 0 atom stereocenters. The third kappa shape index (κ3) is 14.6. The van der Waals surface area contributed by atoms with Gasteiger partial charge in [0.1, 0.15) is 13.8 Å². The van der Waals surface area contributed by atoms with E-state index in [0.29, 0.717) is 42.7 Å². The maximum Gasteiger partial charge on any atom is 1.00 e. The van der Waals surface area contributed by atoms with Gasteiger partial charge in [-0.05, 0) is 175 Å². The first kappa shape index (κ1) is 70.9. The van der Waals surface area contributed by atoms with Gasteiger partial charge in [0.25, 0.3) is 0 Å². The first-order valence-electron chi connectivity index (χ1n) is 31.4. The predicted octanol–water partition coefficient (Wildman–Crippen LogP) is 16.9. The number of thioether (sulfide) groups is 2. The first-order valence-corrected chi connectivity index (χ1v) is 34.7. The molecule has 18 heteroatoms. The van der Waals surface area contributed by atoms with Crippen molar-refractivity contribution in [3.63, 3.8) is 0 Å². The van der Waals surface area contributed by atoms with Crippen LogP contribution in [0.1, 0.15) is 88.3 Å². The molecule has 0 spiro atoms. The monoisotopic (exact) mass is 1440 g/mol. The third-order valence-electron chi connectivity index (χ3n) is 18.0. The van der Waals surface area contributed by atoms with E-state index in [4.69, 9.17) is 9.47 Å². The second-order valence-corrected chi connectivity index (χ2v) is 29.0. The molecule has 0 saturated heterocycles. The number of ether oxygens (including phenoxy) is 2. The van der Waals surface area contributed by atoms with Crippen LogP contribution in [-0.4, -0.2) is 70.5 Å². The fourth-order valence-corrected chi connectivity index (χ4v) is 16.2. The summed E-state index contributed by atoms with van der Waals surface area (Å²) in [5.41, 5.74) is 8.23. The zero-order valence-electron chi connectivity index (χ0n) is 53.5. The van der Waals surface area contributed by atoms with Crippen LogP contribution < -0.4 is 18.9 Å². The molecule has 3 aromatic heterocycles. The Labute approximate surface area is 599 Å². The molecule has 13 nitrogen and oxygen atoms in total. The number of aromatic nitrogens is 3. The molecule has 3 fully saturated rings. The topological polar surface area (TPSA) is 230 Å². The number of esters is 2. The Hall–Kier alpha value is -8.91. The number of fused-ring (bicyclic) bond motifs is 6. The van der Waals surface area contributed by atoms with Gasteiger partial charge in [-0.3, -0.25) is 29.3 Å². The minimum atomic E-state index is -0.730. The number of benzene rings is 9. The number of hydrogen-bond donors (Lipinski definition) is 1. The van der Waals surface area contributed by atoms with Crippen LogP contribution in [0.5, 0.6) is 0 Å². The van der Waals surface area contributed by atoms with Crippen molar-refractivity contribution in [3.05, 3.63) is 222 Å². The molecule has 2 N–H and O–H groups in total. The fraction of sp³-hybridized carbons (Fsp3) is 0.203. The molecule has 0 unspecified atom stereocenters. The molecule has 3 heterocycles. The number of carbonyl (C=O) groups excluding carboxylic acids is 2. The van der Waals surface area contributed by atoms with E-state index in [1.54, 1.807) is 11.8 Å². The van der Waals surface area contributed by atoms with Crippen LogP contribution in [0.2, 0.25) is 0 Å². The molecule has 12 aromatic rings. The summed E-state index contributed by atoms with van der Waals surface area (Å²) in [6, 6.07) is 60.9. The zero-order chi connectivity index (χ0) is 66.3. The van der Waals surface area contributed by atoms with Crippen molar-refractivity contribution in [2.75, 3.05) is 13.2 Å². The predicted molar refractivity (Wildman–Crippen MR) is 389 cm³/mol. The molecule has 478 valence electrons. The Kier molecular flexibility index (Phi) is 22.7. The minimum Gasteiger partial charge on any atom is -0.870 e. The molecular weight excluding hydrogens is 1380 g/mol. The van der Waals surface area contributed by atoms with E-state index in [2.05, 4.69) is 107 Å². The summed E-state index contributed by atoms with van der Waals surface area (Å²) >= 11 is 9.98. The van der Waals surface area contributed by atoms with E-state index >= 15 is 0 Å². The Morgan fingerprint density at radius 3 is 1.14 bits per heavy atom. The van der Waals surface area contributed by atoms with E-state index in [1.807, 2.05) is 172 Å². The summed E-state index contributed by atoms with van der Waals surface area (Å²) in [4.78, 5) is 50.8. The Morgan fingerprint density at radius 1 is 0.454 bits per heavy atom. The van der Waals surface area contributed by atoms with Crippen molar-refractivity contribution < 1.29 is 53.3 Å². The van der Waals surface area contributed by atoms with Crippen LogP contribution in [0.3, 0.4) is 0 Å². The van der Waals surface area contributed by atoms with Crippen molar-refractivity contribution >= 4 is 138 Å². The van der Waals surface area contributed by atoms with E-state index in [-0.39, 0.29) is 40.6 Å². The van der Waals surface area contributed by atoms with Crippen LogP contribution in [0, 0.1) is 34.0 Å². The van der Waals surface area contributed by atoms with Crippen molar-refractivity contribution in [2.45, 2.75) is 95.2 Å². The molecule has 0 radical (unpaired) electrons. The van der Waals surface area contributed by atoms with Crippen LogP contribution in [0.15, 0.2) is 215 Å². The summed E-state index contributed by atoms with van der Waals surface area (Å²) in [7, 11) is 0. The van der Waals surface area contributed by atoms with Gasteiger partial charge in [0.2, 0.25) is 0 Å². The van der Waals surface area contributed by atoms with Gasteiger partial charge in [0, 0.05) is 100 Å². The van der Waals surface area contributed by atoms with Gasteiger partial charge in [-0.2, -0.15) is 15.8 Å². The quantitative estimate of drug-likeness (QED) is 0.0681. The molecule has 9 aromatic carbocycles. The van der Waals surface area contributed by atoms with Gasteiger partial charge in [0.15, 0.2) is 0 Å². The number of halogens is 2. The van der Waals surface area contributed by atoms with Crippen molar-refractivity contribution in [1.82, 2.24) is 15.0 Å². The van der Waals surface area contributed by atoms with Crippen LogP contribution in [0.25, 0.3) is 98.0 Å². The zero-order valence-corrected chi connectivity index (χ0v) is 58.3. The van der Waals surface area contributed by atoms with E-state index in [1.165, 1.54) is 11.8 Å².